The van der Waals surface area contributed by atoms with E-state index in [2.05, 4.69) is 0 Å². The van der Waals surface area contributed by atoms with Crippen LogP contribution in [0.4, 0.5) is 13.2 Å². The highest BCUT2D eigenvalue weighted by atomic mass is 19.4. The van der Waals surface area contributed by atoms with Gasteiger partial charge in [0.2, 0.25) is 0 Å². The molecule has 0 atom stereocenters. The maximum atomic E-state index is 10.5. The maximum Gasteiger partial charge on any atom is 0.417 e. The average Bonchev–Trinajstić information content (AvgIpc) is 1.35. The van der Waals surface area contributed by atoms with Gasteiger partial charge in [0.25, 0.3) is 0 Å². The van der Waals surface area contributed by atoms with Gasteiger partial charge in [-0.05, 0) is 0 Å². The Hall–Kier alpha value is -0.250. The summed E-state index contributed by atoms with van der Waals surface area (Å²) in [5, 5.41) is 7.15. The highest BCUT2D eigenvalue weighted by molar-refractivity contribution is 4.56. The first kappa shape index (κ1) is 5.75. The fraction of sp³-hybridized carbons (Fsp3) is 0.500. The van der Waals surface area contributed by atoms with Gasteiger partial charge in [-0.2, -0.15) is 13.2 Å². The number of hydrogen-bond acceptors (Lipinski definition) is 1. The van der Waals surface area contributed by atoms with E-state index in [1.54, 1.807) is 0 Å². The monoisotopic (exact) mass is 99.0 g/mol. The van der Waals surface area contributed by atoms with Crippen LogP contribution in [0.1, 0.15) is 0 Å². The molecule has 6 heavy (non-hydrogen) atoms. The van der Waals surface area contributed by atoms with Crippen LogP contribution in [0.25, 0.3) is 0 Å². The summed E-state index contributed by atoms with van der Waals surface area (Å²) in [5.41, 5.74) is 0. The summed E-state index contributed by atoms with van der Waals surface area (Å²) in [5.74, 6) is 0. The first-order chi connectivity index (χ1) is 2.56. The van der Waals surface area contributed by atoms with Crippen LogP contribution in [0.3, 0.4) is 0 Å². The normalized spacial score (nSPS) is 12.0. The van der Waals surface area contributed by atoms with Gasteiger partial charge in [-0.25, -0.2) is 0 Å². The van der Waals surface area contributed by atoms with Crippen molar-refractivity contribution in [3.8, 4) is 0 Å². The van der Waals surface area contributed by atoms with Crippen molar-refractivity contribution in [1.82, 2.24) is 0 Å². The SMILES string of the molecule is O[CH]C(F)(F)F. The standard InChI is InChI=1S/C2H2F3O/c3-2(4,5)1-6/h1,6H. The molecule has 1 nitrogen and oxygen atoms in total. The van der Waals surface area contributed by atoms with Crippen LogP contribution in [0.2, 0.25) is 0 Å². The van der Waals surface area contributed by atoms with Crippen molar-refractivity contribution in [2.75, 3.05) is 0 Å². The van der Waals surface area contributed by atoms with E-state index < -0.39 is 12.8 Å². The van der Waals surface area contributed by atoms with Crippen molar-refractivity contribution in [3.05, 3.63) is 6.61 Å². The minimum atomic E-state index is -4.53. The fourth-order valence-corrected chi connectivity index (χ4v) is 0. The van der Waals surface area contributed by atoms with E-state index in [1.165, 1.54) is 0 Å². The smallest absolute Gasteiger partial charge is 0.381 e. The van der Waals surface area contributed by atoms with Crippen molar-refractivity contribution in [3.63, 3.8) is 0 Å². The summed E-state index contributed by atoms with van der Waals surface area (Å²) in [6.45, 7) is -0.812. The molecule has 0 saturated heterocycles. The average molecular weight is 99.0 g/mol. The predicted molar refractivity (Wildman–Crippen MR) is 12.3 cm³/mol. The molecule has 0 aromatic heterocycles. The molecule has 0 spiro atoms. The van der Waals surface area contributed by atoms with Crippen LogP contribution < -0.4 is 0 Å². The van der Waals surface area contributed by atoms with E-state index in [0.29, 0.717) is 0 Å². The second-order valence-corrected chi connectivity index (χ2v) is 0.671. The lowest BCUT2D eigenvalue weighted by Gasteiger charge is -1.94. The van der Waals surface area contributed by atoms with Crippen LogP contribution >= 0.6 is 0 Å². The Morgan fingerprint density at radius 2 is 1.50 bits per heavy atom. The van der Waals surface area contributed by atoms with Gasteiger partial charge in [-0.15, -0.1) is 0 Å². The molecule has 0 aliphatic heterocycles. The molecule has 0 amide bonds. The number of hydrogen-bond donors (Lipinski definition) is 1. The van der Waals surface area contributed by atoms with E-state index in [9.17, 15) is 13.2 Å². The molecule has 0 aliphatic carbocycles. The lowest BCUT2D eigenvalue weighted by molar-refractivity contribution is -0.126. The molecule has 0 fully saturated rings. The Bertz CT molecular complexity index is 38.5. The van der Waals surface area contributed by atoms with Crippen LogP contribution in [0, 0.1) is 6.61 Å². The fourth-order valence-electron chi connectivity index (χ4n) is 0. The lowest BCUT2D eigenvalue weighted by Crippen LogP contribution is -2.05. The second kappa shape index (κ2) is 1.47. The minimum absolute atomic E-state index is 0.812. The van der Waals surface area contributed by atoms with E-state index in [-0.39, 0.29) is 0 Å². The van der Waals surface area contributed by atoms with Crippen LogP contribution in [0.5, 0.6) is 0 Å². The van der Waals surface area contributed by atoms with Crippen molar-refractivity contribution in [2.24, 2.45) is 0 Å². The Labute approximate surface area is 32.4 Å². The van der Waals surface area contributed by atoms with E-state index >= 15 is 0 Å². The number of aliphatic hydroxyl groups is 1. The van der Waals surface area contributed by atoms with Gasteiger partial charge >= 0.3 is 6.18 Å². The van der Waals surface area contributed by atoms with E-state index in [1.807, 2.05) is 0 Å². The van der Waals surface area contributed by atoms with Crippen LogP contribution in [-0.2, 0) is 0 Å². The van der Waals surface area contributed by atoms with Crippen molar-refractivity contribution in [1.29, 1.82) is 0 Å². The Kier molecular flexibility index (Phi) is 1.40. The van der Waals surface area contributed by atoms with Crippen LogP contribution in [0.15, 0.2) is 0 Å². The summed E-state index contributed by atoms with van der Waals surface area (Å²) in [6, 6.07) is 0. The zero-order valence-corrected chi connectivity index (χ0v) is 2.66. The molecule has 0 saturated carbocycles. The lowest BCUT2D eigenvalue weighted by atomic mass is 10.7. The topological polar surface area (TPSA) is 20.2 Å². The van der Waals surface area contributed by atoms with Gasteiger partial charge in [0, 0.05) is 0 Å². The summed E-state index contributed by atoms with van der Waals surface area (Å²) in [4.78, 5) is 0. The second-order valence-electron chi connectivity index (χ2n) is 0.671. The number of rotatable bonds is 0. The molecule has 0 unspecified atom stereocenters. The molecule has 1 N–H and O–H groups in total. The predicted octanol–water partition coefficient (Wildman–Crippen LogP) is 1.08. The molecule has 0 aromatic carbocycles. The third-order valence-corrected chi connectivity index (χ3v) is 0.146. The van der Waals surface area contributed by atoms with Gasteiger partial charge < -0.3 is 5.11 Å². The van der Waals surface area contributed by atoms with Gasteiger partial charge in [0.15, 0.2) is 6.61 Å². The third kappa shape index (κ3) is 3.75. The molecular formula is C2H2F3O. The van der Waals surface area contributed by atoms with Gasteiger partial charge in [0.1, 0.15) is 0 Å². The van der Waals surface area contributed by atoms with Crippen molar-refractivity contribution >= 4 is 0 Å². The Balaban J connectivity index is 3.17. The number of alkyl halides is 3. The molecule has 37 valence electrons. The summed E-state index contributed by atoms with van der Waals surface area (Å²) in [7, 11) is 0. The highest BCUT2D eigenvalue weighted by Crippen LogP contribution is 2.14. The first-order valence-electron chi connectivity index (χ1n) is 1.11. The molecule has 0 aliphatic rings. The summed E-state index contributed by atoms with van der Waals surface area (Å²) in [6.07, 6.45) is -4.53. The molecule has 0 heterocycles. The Morgan fingerprint density at radius 1 is 1.33 bits per heavy atom. The molecule has 4 heteroatoms. The first-order valence-corrected chi connectivity index (χ1v) is 1.11. The third-order valence-electron chi connectivity index (χ3n) is 0.146. The highest BCUT2D eigenvalue weighted by Gasteiger charge is 2.25. The van der Waals surface area contributed by atoms with Gasteiger partial charge in [0.05, 0.1) is 0 Å². The molecule has 0 rings (SSSR count). The largest absolute Gasteiger partial charge is 0.417 e. The molecule has 1 radical (unpaired) electrons. The van der Waals surface area contributed by atoms with E-state index in [4.69, 9.17) is 5.11 Å². The molecular weight excluding hydrogens is 97.0 g/mol. The number of aliphatic hydroxyl groups excluding tert-OH is 1. The minimum Gasteiger partial charge on any atom is -0.381 e. The van der Waals surface area contributed by atoms with Gasteiger partial charge in [-0.3, -0.25) is 0 Å². The van der Waals surface area contributed by atoms with Gasteiger partial charge in [-0.1, -0.05) is 0 Å². The Morgan fingerprint density at radius 3 is 1.50 bits per heavy atom. The molecule has 0 aromatic rings. The summed E-state index contributed by atoms with van der Waals surface area (Å²) < 4.78 is 31.4. The van der Waals surface area contributed by atoms with Crippen molar-refractivity contribution < 1.29 is 18.3 Å². The summed E-state index contributed by atoms with van der Waals surface area (Å²) >= 11 is 0. The van der Waals surface area contributed by atoms with Crippen LogP contribution in [-0.4, -0.2) is 11.3 Å². The molecule has 0 bridgehead atoms. The quantitative estimate of drug-likeness (QED) is 0.481. The zero-order chi connectivity index (χ0) is 5.21. The van der Waals surface area contributed by atoms with Crippen molar-refractivity contribution in [2.45, 2.75) is 6.18 Å². The zero-order valence-electron chi connectivity index (χ0n) is 2.66. The number of halogens is 3. The maximum absolute atomic E-state index is 10.5. The van der Waals surface area contributed by atoms with E-state index in [0.717, 1.165) is 0 Å².